The van der Waals surface area contributed by atoms with Gasteiger partial charge in [-0.05, 0) is 43.5 Å². The number of benzene rings is 1. The van der Waals surface area contributed by atoms with Crippen molar-refractivity contribution in [2.24, 2.45) is 0 Å². The Balaban J connectivity index is 2.05. The third-order valence-corrected chi connectivity index (χ3v) is 3.69. The maximum Gasteiger partial charge on any atom is 0.251 e. The van der Waals surface area contributed by atoms with Gasteiger partial charge in [-0.25, -0.2) is 0 Å². The number of aliphatic hydroxyl groups is 1. The Kier molecular flexibility index (Phi) is 4.96. The van der Waals surface area contributed by atoms with Crippen molar-refractivity contribution in [1.82, 2.24) is 5.32 Å². The van der Waals surface area contributed by atoms with Crippen LogP contribution in [0.5, 0.6) is 0 Å². The molecule has 114 valence electrons. The van der Waals surface area contributed by atoms with Crippen molar-refractivity contribution in [1.29, 1.82) is 0 Å². The molecule has 21 heavy (non-hydrogen) atoms. The average molecular weight is 290 g/mol. The van der Waals surface area contributed by atoms with E-state index in [1.54, 1.807) is 17.9 Å². The lowest BCUT2D eigenvalue weighted by molar-refractivity contribution is -0.118. The molecular formula is C16H22N2O3. The fraction of sp³-hybridized carbons (Fsp3) is 0.500. The first-order chi connectivity index (χ1) is 10.0. The number of rotatable bonds is 5. The average Bonchev–Trinajstić information content (AvgIpc) is 2.88. The second-order valence-corrected chi connectivity index (χ2v) is 5.39. The van der Waals surface area contributed by atoms with Crippen LogP contribution in [0.15, 0.2) is 18.2 Å². The van der Waals surface area contributed by atoms with Crippen molar-refractivity contribution >= 4 is 17.5 Å². The molecule has 1 heterocycles. The molecule has 5 heteroatoms. The second kappa shape index (κ2) is 6.72. The number of carbonyl (C=O) groups is 2. The lowest BCUT2D eigenvalue weighted by Crippen LogP contribution is -2.28. The lowest BCUT2D eigenvalue weighted by Gasteiger charge is -2.16. The van der Waals surface area contributed by atoms with Crippen molar-refractivity contribution < 1.29 is 14.7 Å². The highest BCUT2D eigenvalue weighted by Gasteiger charge is 2.24. The highest BCUT2D eigenvalue weighted by molar-refractivity contribution is 5.98. The molecule has 1 aliphatic heterocycles. The number of hydrogen-bond acceptors (Lipinski definition) is 3. The molecule has 2 rings (SSSR count). The van der Waals surface area contributed by atoms with Gasteiger partial charge in [0.1, 0.15) is 0 Å². The van der Waals surface area contributed by atoms with Gasteiger partial charge in [-0.3, -0.25) is 9.59 Å². The summed E-state index contributed by atoms with van der Waals surface area (Å²) in [5, 5.41) is 12.0. The molecule has 0 radical (unpaired) electrons. The van der Waals surface area contributed by atoms with E-state index in [4.69, 9.17) is 0 Å². The summed E-state index contributed by atoms with van der Waals surface area (Å²) in [6, 6.07) is 5.45. The molecule has 0 saturated carbocycles. The van der Waals surface area contributed by atoms with Crippen LogP contribution in [0, 0.1) is 0 Å². The van der Waals surface area contributed by atoms with Gasteiger partial charge >= 0.3 is 0 Å². The fourth-order valence-electron chi connectivity index (χ4n) is 2.49. The standard InChI is InChI=1S/C16H22N2O3/c1-3-15(20)18-9-7-12-10-13(4-5-14(12)18)16(21)17-8-6-11(2)19/h4-5,10-11,19H,3,6-9H2,1-2H3,(H,17,21). The minimum Gasteiger partial charge on any atom is -0.393 e. The molecule has 0 saturated heterocycles. The van der Waals surface area contributed by atoms with Gasteiger partial charge < -0.3 is 15.3 Å². The maximum absolute atomic E-state index is 12.0. The number of aliphatic hydroxyl groups excluding tert-OH is 1. The van der Waals surface area contributed by atoms with E-state index in [9.17, 15) is 14.7 Å². The summed E-state index contributed by atoms with van der Waals surface area (Å²) < 4.78 is 0. The first-order valence-corrected chi connectivity index (χ1v) is 7.42. The van der Waals surface area contributed by atoms with Crippen LogP contribution in [0.4, 0.5) is 5.69 Å². The van der Waals surface area contributed by atoms with Crippen molar-refractivity contribution in [3.63, 3.8) is 0 Å². The van der Waals surface area contributed by atoms with Crippen LogP contribution in [0.3, 0.4) is 0 Å². The molecule has 5 nitrogen and oxygen atoms in total. The zero-order valence-corrected chi connectivity index (χ0v) is 12.6. The van der Waals surface area contributed by atoms with Gasteiger partial charge in [0.2, 0.25) is 5.91 Å². The van der Waals surface area contributed by atoms with E-state index in [2.05, 4.69) is 5.32 Å². The number of hydrogen-bond donors (Lipinski definition) is 2. The van der Waals surface area contributed by atoms with Crippen LogP contribution in [0.2, 0.25) is 0 Å². The van der Waals surface area contributed by atoms with Crippen LogP contribution in [0.1, 0.15) is 42.6 Å². The Bertz CT molecular complexity index is 540. The fourth-order valence-corrected chi connectivity index (χ4v) is 2.49. The van der Waals surface area contributed by atoms with Gasteiger partial charge in [0, 0.05) is 30.8 Å². The first kappa shape index (κ1) is 15.5. The number of nitrogens with zero attached hydrogens (tertiary/aromatic N) is 1. The second-order valence-electron chi connectivity index (χ2n) is 5.39. The maximum atomic E-state index is 12.0. The number of nitrogens with one attached hydrogen (secondary N) is 1. The first-order valence-electron chi connectivity index (χ1n) is 7.42. The zero-order chi connectivity index (χ0) is 15.4. The van der Waals surface area contributed by atoms with Crippen LogP contribution < -0.4 is 10.2 Å². The van der Waals surface area contributed by atoms with Gasteiger partial charge in [-0.1, -0.05) is 6.92 Å². The van der Waals surface area contributed by atoms with Gasteiger partial charge in [0.15, 0.2) is 0 Å². The molecule has 0 aromatic heterocycles. The van der Waals surface area contributed by atoms with E-state index < -0.39 is 6.10 Å². The van der Waals surface area contributed by atoms with E-state index in [1.165, 1.54) is 0 Å². The van der Waals surface area contributed by atoms with Crippen molar-refractivity contribution in [2.75, 3.05) is 18.0 Å². The zero-order valence-electron chi connectivity index (χ0n) is 12.6. The van der Waals surface area contributed by atoms with E-state index in [0.29, 0.717) is 31.5 Å². The molecule has 1 aromatic carbocycles. The Hall–Kier alpha value is -1.88. The molecular weight excluding hydrogens is 268 g/mol. The largest absolute Gasteiger partial charge is 0.393 e. The van der Waals surface area contributed by atoms with Gasteiger partial charge in [-0.2, -0.15) is 0 Å². The minimum absolute atomic E-state index is 0.114. The molecule has 2 amide bonds. The van der Waals surface area contributed by atoms with E-state index in [0.717, 1.165) is 17.7 Å². The quantitative estimate of drug-likeness (QED) is 0.863. The number of fused-ring (bicyclic) bond motifs is 1. The predicted octanol–water partition coefficient (Wildman–Crippen LogP) is 1.49. The lowest BCUT2D eigenvalue weighted by atomic mass is 10.1. The van der Waals surface area contributed by atoms with Gasteiger partial charge in [-0.15, -0.1) is 0 Å². The summed E-state index contributed by atoms with van der Waals surface area (Å²) in [4.78, 5) is 25.6. The van der Waals surface area contributed by atoms with Crippen LogP contribution in [-0.2, 0) is 11.2 Å². The highest BCUT2D eigenvalue weighted by atomic mass is 16.3. The summed E-state index contributed by atoms with van der Waals surface area (Å²) in [6.07, 6.45) is 1.39. The third kappa shape index (κ3) is 3.61. The summed E-state index contributed by atoms with van der Waals surface area (Å²) >= 11 is 0. The Morgan fingerprint density at radius 1 is 1.43 bits per heavy atom. The Labute approximate surface area is 125 Å². The van der Waals surface area contributed by atoms with E-state index >= 15 is 0 Å². The monoisotopic (exact) mass is 290 g/mol. The molecule has 1 aromatic rings. The van der Waals surface area contributed by atoms with Crippen molar-refractivity contribution in [3.8, 4) is 0 Å². The molecule has 0 spiro atoms. The third-order valence-electron chi connectivity index (χ3n) is 3.69. The highest BCUT2D eigenvalue weighted by Crippen LogP contribution is 2.29. The summed E-state index contributed by atoms with van der Waals surface area (Å²) in [6.45, 7) is 4.69. The molecule has 0 fully saturated rings. The van der Waals surface area contributed by atoms with Crippen LogP contribution >= 0.6 is 0 Å². The molecule has 1 atom stereocenters. The van der Waals surface area contributed by atoms with Crippen molar-refractivity contribution in [3.05, 3.63) is 29.3 Å². The normalized spacial score (nSPS) is 14.7. The topological polar surface area (TPSA) is 69.6 Å². The van der Waals surface area contributed by atoms with Crippen LogP contribution in [0.25, 0.3) is 0 Å². The number of anilines is 1. The smallest absolute Gasteiger partial charge is 0.251 e. The molecule has 2 N–H and O–H groups in total. The van der Waals surface area contributed by atoms with Gasteiger partial charge in [0.25, 0.3) is 5.91 Å². The van der Waals surface area contributed by atoms with Gasteiger partial charge in [0.05, 0.1) is 6.10 Å². The number of amides is 2. The minimum atomic E-state index is -0.418. The SMILES string of the molecule is CCC(=O)N1CCc2cc(C(=O)NCCC(C)O)ccc21. The Morgan fingerprint density at radius 2 is 2.19 bits per heavy atom. The summed E-state index contributed by atoms with van der Waals surface area (Å²) in [5.74, 6) is -0.0263. The molecule has 0 aliphatic carbocycles. The van der Waals surface area contributed by atoms with E-state index in [1.807, 2.05) is 19.1 Å². The molecule has 1 unspecified atom stereocenters. The van der Waals surface area contributed by atoms with E-state index in [-0.39, 0.29) is 11.8 Å². The Morgan fingerprint density at radius 3 is 2.86 bits per heavy atom. The predicted molar refractivity (Wildman–Crippen MR) is 81.4 cm³/mol. The number of carbonyl (C=O) groups excluding carboxylic acids is 2. The molecule has 1 aliphatic rings. The summed E-state index contributed by atoms with van der Waals surface area (Å²) in [5.41, 5.74) is 2.56. The van der Waals surface area contributed by atoms with Crippen molar-refractivity contribution in [2.45, 2.75) is 39.2 Å². The molecule has 0 bridgehead atoms. The van der Waals surface area contributed by atoms with Crippen LogP contribution in [-0.4, -0.2) is 36.1 Å². The summed E-state index contributed by atoms with van der Waals surface area (Å²) in [7, 11) is 0.